The van der Waals surface area contributed by atoms with Crippen LogP contribution in [-0.2, 0) is 0 Å². The molecule has 21 heavy (non-hydrogen) atoms. The zero-order valence-electron chi connectivity index (χ0n) is 11.1. The molecule has 0 aliphatic rings. The highest BCUT2D eigenvalue weighted by molar-refractivity contribution is 9.10. The first-order valence-electron chi connectivity index (χ1n) is 6.03. The summed E-state index contributed by atoms with van der Waals surface area (Å²) in [6, 6.07) is 9.22. The number of aromatic hydroxyl groups is 1. The van der Waals surface area contributed by atoms with E-state index in [0.29, 0.717) is 5.56 Å². The molecule has 0 aromatic heterocycles. The van der Waals surface area contributed by atoms with E-state index in [1.165, 1.54) is 18.2 Å². The Hall–Kier alpha value is -2.34. The number of benzene rings is 2. The topological polar surface area (TPSA) is 86.6 Å². The summed E-state index contributed by atoms with van der Waals surface area (Å²) in [6.07, 6.45) is 0. The van der Waals surface area contributed by atoms with E-state index in [9.17, 15) is 14.7 Å². The standard InChI is InChI=1S/C15H12BrNO4/c1-8-7-9(5-6-11(8)16)14(19)17-12-4-2-3-10(13(12)18)15(20)21/h2-7,18H,1H3,(H,17,19)(H,20,21). The molecular formula is C15H12BrNO4. The van der Waals surface area contributed by atoms with E-state index in [-0.39, 0.29) is 11.3 Å². The average molecular weight is 350 g/mol. The maximum Gasteiger partial charge on any atom is 0.339 e. The van der Waals surface area contributed by atoms with Crippen molar-refractivity contribution in [1.29, 1.82) is 0 Å². The second-order valence-electron chi connectivity index (χ2n) is 4.42. The number of aromatic carboxylic acids is 1. The molecule has 2 rings (SSSR count). The molecule has 0 aliphatic heterocycles. The molecule has 0 aliphatic carbocycles. The number of para-hydroxylation sites is 1. The van der Waals surface area contributed by atoms with Gasteiger partial charge in [-0.1, -0.05) is 22.0 Å². The van der Waals surface area contributed by atoms with Gasteiger partial charge in [0.05, 0.1) is 5.69 Å². The smallest absolute Gasteiger partial charge is 0.339 e. The summed E-state index contributed by atoms with van der Waals surface area (Å²) in [5.41, 5.74) is 1.10. The summed E-state index contributed by atoms with van der Waals surface area (Å²) in [6.45, 7) is 1.85. The van der Waals surface area contributed by atoms with Crippen LogP contribution in [0, 0.1) is 6.92 Å². The highest BCUT2D eigenvalue weighted by Crippen LogP contribution is 2.28. The lowest BCUT2D eigenvalue weighted by Gasteiger charge is -2.10. The summed E-state index contributed by atoms with van der Waals surface area (Å²) in [5.74, 6) is -2.15. The van der Waals surface area contributed by atoms with Crippen LogP contribution in [0.25, 0.3) is 0 Å². The van der Waals surface area contributed by atoms with Gasteiger partial charge in [0.25, 0.3) is 5.91 Å². The van der Waals surface area contributed by atoms with Crippen LogP contribution < -0.4 is 5.32 Å². The largest absolute Gasteiger partial charge is 0.505 e. The van der Waals surface area contributed by atoms with Gasteiger partial charge in [0.1, 0.15) is 5.56 Å². The van der Waals surface area contributed by atoms with E-state index in [1.807, 2.05) is 6.92 Å². The third-order valence-corrected chi connectivity index (χ3v) is 3.82. The van der Waals surface area contributed by atoms with Crippen molar-refractivity contribution in [3.05, 3.63) is 57.6 Å². The number of hydrogen-bond acceptors (Lipinski definition) is 3. The van der Waals surface area contributed by atoms with Crippen LogP contribution in [0.4, 0.5) is 5.69 Å². The Balaban J connectivity index is 2.29. The monoisotopic (exact) mass is 349 g/mol. The average Bonchev–Trinajstić information content (AvgIpc) is 2.43. The maximum atomic E-state index is 12.1. The summed E-state index contributed by atoms with van der Waals surface area (Å²) in [7, 11) is 0. The van der Waals surface area contributed by atoms with E-state index >= 15 is 0 Å². The SMILES string of the molecule is Cc1cc(C(=O)Nc2cccc(C(=O)O)c2O)ccc1Br. The normalized spacial score (nSPS) is 10.2. The van der Waals surface area contributed by atoms with Crippen molar-refractivity contribution in [2.45, 2.75) is 6.92 Å². The highest BCUT2D eigenvalue weighted by atomic mass is 79.9. The predicted octanol–water partition coefficient (Wildman–Crippen LogP) is 3.41. The van der Waals surface area contributed by atoms with Gasteiger partial charge in [0.2, 0.25) is 0 Å². The van der Waals surface area contributed by atoms with Gasteiger partial charge in [-0.3, -0.25) is 4.79 Å². The van der Waals surface area contributed by atoms with Crippen LogP contribution in [0.15, 0.2) is 40.9 Å². The molecule has 0 bridgehead atoms. The zero-order valence-corrected chi connectivity index (χ0v) is 12.6. The minimum Gasteiger partial charge on any atom is -0.505 e. The highest BCUT2D eigenvalue weighted by Gasteiger charge is 2.15. The minimum absolute atomic E-state index is 0.0560. The molecule has 0 radical (unpaired) electrons. The van der Waals surface area contributed by atoms with Gasteiger partial charge in [0.15, 0.2) is 5.75 Å². The first kappa shape index (κ1) is 15.1. The third-order valence-electron chi connectivity index (χ3n) is 2.93. The molecule has 2 aromatic rings. The molecule has 5 nitrogen and oxygen atoms in total. The summed E-state index contributed by atoms with van der Waals surface area (Å²) in [5, 5.41) is 21.3. The summed E-state index contributed by atoms with van der Waals surface area (Å²) >= 11 is 3.35. The third kappa shape index (κ3) is 3.22. The van der Waals surface area contributed by atoms with E-state index in [1.54, 1.807) is 18.2 Å². The van der Waals surface area contributed by atoms with Gasteiger partial charge in [0, 0.05) is 10.0 Å². The van der Waals surface area contributed by atoms with Crippen molar-refractivity contribution < 1.29 is 19.8 Å². The van der Waals surface area contributed by atoms with Gasteiger partial charge < -0.3 is 15.5 Å². The van der Waals surface area contributed by atoms with Crippen LogP contribution in [0.5, 0.6) is 5.75 Å². The molecule has 1 amide bonds. The molecule has 0 atom stereocenters. The molecule has 0 fully saturated rings. The number of carbonyl (C=O) groups excluding carboxylic acids is 1. The van der Waals surface area contributed by atoms with Crippen molar-refractivity contribution in [2.24, 2.45) is 0 Å². The maximum absolute atomic E-state index is 12.1. The van der Waals surface area contributed by atoms with Crippen LogP contribution in [0.1, 0.15) is 26.3 Å². The van der Waals surface area contributed by atoms with Crippen molar-refractivity contribution in [3.63, 3.8) is 0 Å². The quantitative estimate of drug-likeness (QED) is 0.741. The molecule has 0 unspecified atom stereocenters. The van der Waals surface area contributed by atoms with Crippen LogP contribution >= 0.6 is 15.9 Å². The second kappa shape index (κ2) is 5.97. The number of hydrogen-bond donors (Lipinski definition) is 3. The number of halogens is 1. The van der Waals surface area contributed by atoms with Gasteiger partial charge in [-0.25, -0.2) is 4.79 Å². The number of carbonyl (C=O) groups is 2. The van der Waals surface area contributed by atoms with E-state index < -0.39 is 17.6 Å². The minimum atomic E-state index is -1.26. The number of nitrogens with one attached hydrogen (secondary N) is 1. The number of amides is 1. The van der Waals surface area contributed by atoms with Crippen molar-refractivity contribution in [1.82, 2.24) is 0 Å². The fourth-order valence-electron chi connectivity index (χ4n) is 1.80. The summed E-state index contributed by atoms with van der Waals surface area (Å²) < 4.78 is 0.884. The zero-order chi connectivity index (χ0) is 15.6. The molecule has 2 aromatic carbocycles. The van der Waals surface area contributed by atoms with Crippen molar-refractivity contribution in [3.8, 4) is 5.75 Å². The number of carboxylic acid groups (broad SMARTS) is 1. The van der Waals surface area contributed by atoms with E-state index in [4.69, 9.17) is 5.11 Å². The Morgan fingerprint density at radius 2 is 1.90 bits per heavy atom. The van der Waals surface area contributed by atoms with Crippen molar-refractivity contribution in [2.75, 3.05) is 5.32 Å². The Bertz CT molecular complexity index is 728. The molecule has 0 spiro atoms. The van der Waals surface area contributed by atoms with Crippen LogP contribution in [-0.4, -0.2) is 22.1 Å². The predicted molar refractivity (Wildman–Crippen MR) is 81.9 cm³/mol. The first-order valence-corrected chi connectivity index (χ1v) is 6.82. The lowest BCUT2D eigenvalue weighted by Crippen LogP contribution is -2.13. The molecule has 0 heterocycles. The lowest BCUT2D eigenvalue weighted by atomic mass is 10.1. The fourth-order valence-corrected chi connectivity index (χ4v) is 2.04. The van der Waals surface area contributed by atoms with Gasteiger partial charge in [-0.15, -0.1) is 0 Å². The summed E-state index contributed by atoms with van der Waals surface area (Å²) in [4.78, 5) is 23.1. The molecular weight excluding hydrogens is 338 g/mol. The molecule has 0 saturated heterocycles. The Morgan fingerprint density at radius 1 is 1.19 bits per heavy atom. The lowest BCUT2D eigenvalue weighted by molar-refractivity contribution is 0.0693. The second-order valence-corrected chi connectivity index (χ2v) is 5.28. The van der Waals surface area contributed by atoms with Crippen molar-refractivity contribution >= 4 is 33.5 Å². The Kier molecular flexibility index (Phi) is 4.28. The number of carboxylic acids is 1. The van der Waals surface area contributed by atoms with Crippen LogP contribution in [0.2, 0.25) is 0 Å². The van der Waals surface area contributed by atoms with Gasteiger partial charge in [-0.05, 0) is 42.8 Å². The fraction of sp³-hybridized carbons (Fsp3) is 0.0667. The number of rotatable bonds is 3. The molecule has 6 heteroatoms. The van der Waals surface area contributed by atoms with E-state index in [0.717, 1.165) is 10.0 Å². The number of aryl methyl sites for hydroxylation is 1. The Labute approximate surface area is 129 Å². The van der Waals surface area contributed by atoms with E-state index in [2.05, 4.69) is 21.2 Å². The van der Waals surface area contributed by atoms with Crippen LogP contribution in [0.3, 0.4) is 0 Å². The Morgan fingerprint density at radius 3 is 2.52 bits per heavy atom. The van der Waals surface area contributed by atoms with Gasteiger partial charge in [-0.2, -0.15) is 0 Å². The molecule has 108 valence electrons. The van der Waals surface area contributed by atoms with Gasteiger partial charge >= 0.3 is 5.97 Å². The first-order chi connectivity index (χ1) is 9.90. The molecule has 0 saturated carbocycles. The number of phenols is 1. The molecule has 3 N–H and O–H groups in total. The number of anilines is 1.